The highest BCUT2D eigenvalue weighted by molar-refractivity contribution is 5.92. The second kappa shape index (κ2) is 8.31. The van der Waals surface area contributed by atoms with Gasteiger partial charge < -0.3 is 15.2 Å². The Kier molecular flexibility index (Phi) is 5.11. The number of nitrogens with one attached hydrogen (secondary N) is 2. The minimum atomic E-state index is -0.605. The monoisotopic (exact) mass is 506 g/mol. The number of piperidine rings is 1. The fourth-order valence-corrected chi connectivity index (χ4v) is 6.49. The molecule has 0 spiro atoms. The van der Waals surface area contributed by atoms with Crippen LogP contribution in [0.5, 0.6) is 0 Å². The van der Waals surface area contributed by atoms with E-state index in [1.807, 2.05) is 4.90 Å². The van der Waals surface area contributed by atoms with Gasteiger partial charge in [0.1, 0.15) is 22.7 Å². The van der Waals surface area contributed by atoms with Gasteiger partial charge in [-0.2, -0.15) is 4.39 Å². The van der Waals surface area contributed by atoms with Gasteiger partial charge in [0.25, 0.3) is 11.5 Å². The number of nitrogens with zero attached hydrogens (tertiary/aromatic N) is 4. The first-order valence-electron chi connectivity index (χ1n) is 13.1. The number of H-pyrrole nitrogens is 1. The highest BCUT2D eigenvalue weighted by atomic mass is 19.1. The molecule has 192 valence electrons. The Morgan fingerprint density at radius 1 is 1.03 bits per heavy atom. The number of hydrogen-bond donors (Lipinski definition) is 2. The SMILES string of the molecule is O=C(NC1CC1)c1ccc(N2CCC(N3CC4(c5nc6cccc(F)c6c(=O)[nH]5)CC3C4)CC2)c(F)n1. The Labute approximate surface area is 212 Å². The smallest absolute Gasteiger partial charge is 0.270 e. The van der Waals surface area contributed by atoms with Crippen LogP contribution in [0.25, 0.3) is 10.9 Å². The minimum Gasteiger partial charge on any atom is -0.368 e. The van der Waals surface area contributed by atoms with Crippen molar-refractivity contribution >= 4 is 22.5 Å². The second-order valence-electron chi connectivity index (χ2n) is 11.0. The number of amides is 1. The quantitative estimate of drug-likeness (QED) is 0.517. The van der Waals surface area contributed by atoms with E-state index < -0.39 is 17.3 Å². The summed E-state index contributed by atoms with van der Waals surface area (Å²) < 4.78 is 28.9. The van der Waals surface area contributed by atoms with Crippen LogP contribution in [0, 0.1) is 11.8 Å². The van der Waals surface area contributed by atoms with Gasteiger partial charge in [-0.3, -0.25) is 14.5 Å². The van der Waals surface area contributed by atoms with Crippen molar-refractivity contribution in [3.63, 3.8) is 0 Å². The van der Waals surface area contributed by atoms with Crippen molar-refractivity contribution in [2.45, 2.75) is 62.1 Å². The first kappa shape index (κ1) is 22.8. The summed E-state index contributed by atoms with van der Waals surface area (Å²) in [4.78, 5) is 40.8. The number of halogens is 2. The van der Waals surface area contributed by atoms with Crippen molar-refractivity contribution in [3.05, 3.63) is 64.0 Å². The summed E-state index contributed by atoms with van der Waals surface area (Å²) in [5.74, 6) is -0.817. The maximum Gasteiger partial charge on any atom is 0.270 e. The van der Waals surface area contributed by atoms with Crippen LogP contribution in [0.2, 0.25) is 0 Å². The summed E-state index contributed by atoms with van der Waals surface area (Å²) in [6.07, 6.45) is 5.58. The summed E-state index contributed by atoms with van der Waals surface area (Å²) in [6.45, 7) is 2.22. The molecule has 10 heteroatoms. The zero-order valence-electron chi connectivity index (χ0n) is 20.3. The molecule has 0 radical (unpaired) electrons. The van der Waals surface area contributed by atoms with Crippen LogP contribution >= 0.6 is 0 Å². The van der Waals surface area contributed by atoms with Crippen LogP contribution in [0.3, 0.4) is 0 Å². The number of benzene rings is 1. The lowest BCUT2D eigenvalue weighted by Crippen LogP contribution is -2.46. The van der Waals surface area contributed by atoms with Gasteiger partial charge in [-0.05, 0) is 62.8 Å². The van der Waals surface area contributed by atoms with Crippen LogP contribution in [0.1, 0.15) is 54.8 Å². The van der Waals surface area contributed by atoms with E-state index in [4.69, 9.17) is 0 Å². The average molecular weight is 507 g/mol. The Hall–Kier alpha value is -3.40. The molecular formula is C27H28F2N6O2. The maximum atomic E-state index is 14.8. The fraction of sp³-hybridized carbons (Fsp3) is 0.481. The molecule has 2 aromatic heterocycles. The molecule has 5 heterocycles. The Balaban J connectivity index is 1.02. The topological polar surface area (TPSA) is 94.2 Å². The van der Waals surface area contributed by atoms with Crippen LogP contribution in [-0.2, 0) is 5.41 Å². The molecule has 1 amide bonds. The molecule has 3 aliphatic heterocycles. The highest BCUT2D eigenvalue weighted by Gasteiger charge is 2.59. The van der Waals surface area contributed by atoms with Crippen molar-refractivity contribution in [1.82, 2.24) is 25.2 Å². The van der Waals surface area contributed by atoms with Crippen LogP contribution in [0.15, 0.2) is 35.1 Å². The van der Waals surface area contributed by atoms with Crippen molar-refractivity contribution in [3.8, 4) is 0 Å². The number of carbonyl (C=O) groups is 1. The molecule has 37 heavy (non-hydrogen) atoms. The third kappa shape index (κ3) is 3.80. The third-order valence-electron chi connectivity index (χ3n) is 8.64. The third-order valence-corrected chi connectivity index (χ3v) is 8.64. The maximum absolute atomic E-state index is 14.8. The number of carbonyl (C=O) groups excluding carboxylic acids is 1. The molecule has 2 saturated carbocycles. The van der Waals surface area contributed by atoms with Crippen molar-refractivity contribution < 1.29 is 13.6 Å². The van der Waals surface area contributed by atoms with Gasteiger partial charge >= 0.3 is 0 Å². The van der Waals surface area contributed by atoms with Gasteiger partial charge in [-0.25, -0.2) is 14.4 Å². The Morgan fingerprint density at radius 2 is 1.81 bits per heavy atom. The molecule has 5 fully saturated rings. The highest BCUT2D eigenvalue weighted by Crippen LogP contribution is 2.53. The molecule has 8 nitrogen and oxygen atoms in total. The molecule has 3 aromatic rings. The molecule has 3 saturated heterocycles. The number of anilines is 1. The summed E-state index contributed by atoms with van der Waals surface area (Å²) in [6, 6.07) is 8.82. The predicted molar refractivity (Wildman–Crippen MR) is 134 cm³/mol. The average Bonchev–Trinajstić information content (AvgIpc) is 3.48. The van der Waals surface area contributed by atoms with E-state index in [-0.39, 0.29) is 28.4 Å². The van der Waals surface area contributed by atoms with E-state index >= 15 is 0 Å². The van der Waals surface area contributed by atoms with Gasteiger partial charge in [-0.1, -0.05) is 6.07 Å². The molecule has 1 aromatic carbocycles. The molecule has 2 aliphatic carbocycles. The normalized spacial score (nSPS) is 25.9. The number of rotatable bonds is 5. The summed E-state index contributed by atoms with van der Waals surface area (Å²) in [7, 11) is 0. The van der Waals surface area contributed by atoms with E-state index in [0.29, 0.717) is 42.2 Å². The molecule has 5 aliphatic rings. The zero-order valence-corrected chi connectivity index (χ0v) is 20.3. The van der Waals surface area contributed by atoms with E-state index in [0.717, 1.165) is 45.1 Å². The summed E-state index contributed by atoms with van der Waals surface area (Å²) in [5, 5.41) is 2.86. The number of hydrogen-bond acceptors (Lipinski definition) is 6. The Morgan fingerprint density at radius 3 is 2.54 bits per heavy atom. The summed E-state index contributed by atoms with van der Waals surface area (Å²) >= 11 is 0. The molecule has 2 bridgehead atoms. The van der Waals surface area contributed by atoms with E-state index in [1.54, 1.807) is 24.3 Å². The lowest BCUT2D eigenvalue weighted by atomic mass is 9.69. The molecule has 2 N–H and O–H groups in total. The molecule has 0 atom stereocenters. The van der Waals surface area contributed by atoms with Crippen molar-refractivity contribution in [1.29, 1.82) is 0 Å². The van der Waals surface area contributed by atoms with E-state index in [9.17, 15) is 18.4 Å². The number of pyridine rings is 1. The standard InChI is InChI=1S/C27H28F2N6O2/c28-18-2-1-3-19-22(18)25(37)33-26(32-19)27-12-17(13-27)35(14-27)16-8-10-34(11-9-16)21-7-6-20(31-23(21)29)24(36)30-15-4-5-15/h1-3,6-7,15-17H,4-5,8-14H2,(H,30,36)(H,32,33,37). The van der Waals surface area contributed by atoms with Crippen LogP contribution in [-0.4, -0.2) is 63.5 Å². The van der Waals surface area contributed by atoms with Crippen molar-refractivity contribution in [2.75, 3.05) is 24.5 Å². The van der Waals surface area contributed by atoms with Crippen molar-refractivity contribution in [2.24, 2.45) is 0 Å². The zero-order chi connectivity index (χ0) is 25.3. The number of fused-ring (bicyclic) bond motifs is 2. The van der Waals surface area contributed by atoms with Crippen LogP contribution < -0.4 is 15.8 Å². The van der Waals surface area contributed by atoms with Gasteiger partial charge in [0, 0.05) is 43.2 Å². The van der Waals surface area contributed by atoms with Gasteiger partial charge in [0.05, 0.1) is 11.2 Å². The lowest BCUT2D eigenvalue weighted by Gasteiger charge is -2.40. The summed E-state index contributed by atoms with van der Waals surface area (Å²) in [5.41, 5.74) is 0.334. The number of aromatic amines is 1. The number of aromatic nitrogens is 3. The minimum absolute atomic E-state index is 0.0130. The van der Waals surface area contributed by atoms with E-state index in [2.05, 4.69) is 25.2 Å². The molecule has 0 unspecified atom stereocenters. The van der Waals surface area contributed by atoms with Gasteiger partial charge in [-0.15, -0.1) is 0 Å². The van der Waals surface area contributed by atoms with Gasteiger partial charge in [0.15, 0.2) is 0 Å². The van der Waals surface area contributed by atoms with Gasteiger partial charge in [0.2, 0.25) is 5.95 Å². The first-order valence-corrected chi connectivity index (χ1v) is 13.1. The van der Waals surface area contributed by atoms with Crippen LogP contribution in [0.4, 0.5) is 14.5 Å². The largest absolute Gasteiger partial charge is 0.368 e. The lowest BCUT2D eigenvalue weighted by molar-refractivity contribution is 0.0945. The first-order chi connectivity index (χ1) is 17.9. The predicted octanol–water partition coefficient (Wildman–Crippen LogP) is 2.87. The fourth-order valence-electron chi connectivity index (χ4n) is 6.49. The molecule has 8 rings (SSSR count). The Bertz CT molecular complexity index is 1460. The molecular weight excluding hydrogens is 478 g/mol. The second-order valence-corrected chi connectivity index (χ2v) is 11.0. The van der Waals surface area contributed by atoms with E-state index in [1.165, 1.54) is 6.07 Å².